The van der Waals surface area contributed by atoms with E-state index in [9.17, 15) is 26.3 Å². The first-order chi connectivity index (χ1) is 11.2. The largest absolute Gasteiger partial charge is 0.493 e. The minimum absolute atomic E-state index is 0.254. The minimum Gasteiger partial charge on any atom is -0.493 e. The van der Waals surface area contributed by atoms with Gasteiger partial charge in [-0.25, -0.2) is 8.78 Å². The Morgan fingerprint density at radius 2 is 1.62 bits per heavy atom. The molecule has 9 heteroatoms. The van der Waals surface area contributed by atoms with Crippen molar-refractivity contribution in [2.75, 3.05) is 18.1 Å². The van der Waals surface area contributed by atoms with Gasteiger partial charge in [-0.05, 0) is 54.5 Å². The second-order valence-corrected chi connectivity index (χ2v) is 5.97. The van der Waals surface area contributed by atoms with Gasteiger partial charge in [0.15, 0.2) is 0 Å². The Balaban J connectivity index is 3.16. The zero-order valence-electron chi connectivity index (χ0n) is 12.6. The van der Waals surface area contributed by atoms with Crippen LogP contribution in [-0.4, -0.2) is 30.5 Å². The van der Waals surface area contributed by atoms with Gasteiger partial charge in [0.05, 0.1) is 6.61 Å². The highest BCUT2D eigenvalue weighted by atomic mass is 32.1. The molecule has 0 spiro atoms. The molecule has 138 valence electrons. The molecule has 0 saturated heterocycles. The van der Waals surface area contributed by atoms with Crippen molar-refractivity contribution in [2.24, 2.45) is 0 Å². The highest BCUT2D eigenvalue weighted by Crippen LogP contribution is 2.47. The van der Waals surface area contributed by atoms with E-state index in [0.29, 0.717) is 30.4 Å². The lowest BCUT2D eigenvalue weighted by molar-refractivity contribution is -0.270. The lowest BCUT2D eigenvalue weighted by atomic mass is 9.98. The van der Waals surface area contributed by atoms with Gasteiger partial charge in [-0.1, -0.05) is 0 Å². The smallest absolute Gasteiger partial charge is 0.373 e. The molecule has 1 aromatic carbocycles. The molecule has 0 fully saturated rings. The van der Waals surface area contributed by atoms with Crippen molar-refractivity contribution in [1.82, 2.24) is 0 Å². The van der Waals surface area contributed by atoms with Crippen LogP contribution in [0.15, 0.2) is 18.2 Å². The maximum absolute atomic E-state index is 13.8. The molecule has 0 bridgehead atoms. The third kappa shape index (κ3) is 4.91. The van der Waals surface area contributed by atoms with Crippen LogP contribution in [0.5, 0.6) is 5.75 Å². The molecule has 0 radical (unpaired) electrons. The number of halogens is 6. The highest BCUT2D eigenvalue weighted by Gasteiger charge is 2.63. The van der Waals surface area contributed by atoms with E-state index < -0.39 is 23.8 Å². The molecule has 0 saturated carbocycles. The minimum atomic E-state index is -5.46. The predicted octanol–water partition coefficient (Wildman–Crippen LogP) is 5.24. The fourth-order valence-electron chi connectivity index (χ4n) is 1.96. The normalized spacial score (nSPS) is 12.7. The molecule has 0 aliphatic heterocycles. The van der Waals surface area contributed by atoms with Gasteiger partial charge in [-0.15, -0.1) is 0 Å². The van der Waals surface area contributed by atoms with Gasteiger partial charge in [0.2, 0.25) is 0 Å². The van der Waals surface area contributed by atoms with Gasteiger partial charge < -0.3 is 4.74 Å². The first-order valence-electron chi connectivity index (χ1n) is 7.20. The van der Waals surface area contributed by atoms with E-state index in [1.165, 1.54) is 0 Å². The van der Waals surface area contributed by atoms with Gasteiger partial charge in [0.1, 0.15) is 5.75 Å². The molecule has 24 heavy (non-hydrogen) atoms. The average Bonchev–Trinajstić information content (AvgIpc) is 2.53. The summed E-state index contributed by atoms with van der Waals surface area (Å²) in [7, 11) is 0. The first-order valence-corrected chi connectivity index (χ1v) is 8.46. The van der Waals surface area contributed by atoms with Crippen molar-refractivity contribution < 1.29 is 31.1 Å². The molecule has 1 rings (SSSR count). The number of rotatable bonds is 10. The van der Waals surface area contributed by atoms with Crippen LogP contribution >= 0.6 is 25.3 Å². The van der Waals surface area contributed by atoms with Crippen LogP contribution < -0.4 is 4.74 Å². The third-order valence-corrected chi connectivity index (χ3v) is 3.91. The van der Waals surface area contributed by atoms with Gasteiger partial charge in [-0.3, -0.25) is 0 Å². The zero-order chi connectivity index (χ0) is 18.4. The van der Waals surface area contributed by atoms with E-state index in [2.05, 4.69) is 25.3 Å². The Morgan fingerprint density at radius 3 is 2.17 bits per heavy atom. The molecule has 0 heterocycles. The summed E-state index contributed by atoms with van der Waals surface area (Å²) >= 11 is 8.02. The van der Waals surface area contributed by atoms with E-state index in [1.807, 2.05) is 0 Å². The van der Waals surface area contributed by atoms with Crippen LogP contribution in [0.1, 0.15) is 24.0 Å². The molecular formula is C15H18F6OS2. The fraction of sp³-hybridized carbons (Fsp3) is 0.600. The summed E-state index contributed by atoms with van der Waals surface area (Å²) in [6.45, 7) is 0.278. The molecule has 0 aromatic heterocycles. The van der Waals surface area contributed by atoms with E-state index in [-0.39, 0.29) is 24.3 Å². The van der Waals surface area contributed by atoms with Crippen LogP contribution in [0.3, 0.4) is 0 Å². The number of aryl methyl sites for hydroxylation is 1. The number of hydrogen-bond donors (Lipinski definition) is 2. The monoisotopic (exact) mass is 392 g/mol. The second kappa shape index (κ2) is 9.12. The topological polar surface area (TPSA) is 9.23 Å². The fourth-order valence-corrected chi connectivity index (χ4v) is 2.24. The number of thiol groups is 2. The van der Waals surface area contributed by atoms with E-state index in [0.717, 1.165) is 12.1 Å². The molecule has 0 amide bonds. The Hall–Kier alpha value is -0.700. The SMILES string of the molecule is FC(F)C(F)(F)C(F)(F)c1ccc(OCCCS)c(CCCS)c1. The van der Waals surface area contributed by atoms with Crippen molar-refractivity contribution in [3.05, 3.63) is 29.3 Å². The van der Waals surface area contributed by atoms with E-state index in [4.69, 9.17) is 4.74 Å². The van der Waals surface area contributed by atoms with Crippen LogP contribution in [0, 0.1) is 0 Å². The van der Waals surface area contributed by atoms with Crippen LogP contribution in [-0.2, 0) is 12.3 Å². The molecule has 0 aliphatic carbocycles. The lowest BCUT2D eigenvalue weighted by Gasteiger charge is -2.26. The van der Waals surface area contributed by atoms with Crippen LogP contribution in [0.4, 0.5) is 26.3 Å². The van der Waals surface area contributed by atoms with Crippen molar-refractivity contribution in [3.8, 4) is 5.75 Å². The summed E-state index contributed by atoms with van der Waals surface area (Å²) in [4.78, 5) is 0. The second-order valence-electron chi connectivity index (χ2n) is 5.07. The summed E-state index contributed by atoms with van der Waals surface area (Å²) in [6, 6.07) is 2.60. The van der Waals surface area contributed by atoms with Crippen LogP contribution in [0.25, 0.3) is 0 Å². The number of benzene rings is 1. The Kier molecular flexibility index (Phi) is 8.11. The molecule has 1 aromatic rings. The predicted molar refractivity (Wildman–Crippen MR) is 87.4 cm³/mol. The number of ether oxygens (including phenoxy) is 1. The lowest BCUT2D eigenvalue weighted by Crippen LogP contribution is -2.44. The number of hydrogen-bond acceptors (Lipinski definition) is 3. The number of alkyl halides is 6. The summed E-state index contributed by atoms with van der Waals surface area (Å²) < 4.78 is 84.1. The molecule has 0 aliphatic rings. The van der Waals surface area contributed by atoms with Gasteiger partial charge in [-0.2, -0.15) is 42.8 Å². The maximum atomic E-state index is 13.8. The zero-order valence-corrected chi connectivity index (χ0v) is 14.4. The Labute approximate surface area is 147 Å². The van der Waals surface area contributed by atoms with Crippen molar-refractivity contribution >= 4 is 25.3 Å². The molecule has 1 nitrogen and oxygen atoms in total. The molecular weight excluding hydrogens is 374 g/mol. The van der Waals surface area contributed by atoms with Crippen molar-refractivity contribution in [1.29, 1.82) is 0 Å². The maximum Gasteiger partial charge on any atom is 0.373 e. The average molecular weight is 392 g/mol. The summed E-state index contributed by atoms with van der Waals surface area (Å²) in [6.07, 6.45) is -3.12. The Bertz CT molecular complexity index is 525. The Morgan fingerprint density at radius 1 is 1.00 bits per heavy atom. The van der Waals surface area contributed by atoms with Crippen LogP contribution in [0.2, 0.25) is 0 Å². The standard InChI is InChI=1S/C15H18F6OS2/c16-13(17)15(20,21)14(18,19)11-4-5-12(22-6-2-8-24)10(9-11)3-1-7-23/h4-5,9,13,23-24H,1-3,6-8H2. The van der Waals surface area contributed by atoms with Gasteiger partial charge in [0.25, 0.3) is 0 Å². The van der Waals surface area contributed by atoms with Crippen molar-refractivity contribution in [2.45, 2.75) is 37.5 Å². The van der Waals surface area contributed by atoms with Crippen molar-refractivity contribution in [3.63, 3.8) is 0 Å². The highest BCUT2D eigenvalue weighted by molar-refractivity contribution is 7.80. The van der Waals surface area contributed by atoms with Gasteiger partial charge in [0, 0.05) is 5.56 Å². The quantitative estimate of drug-likeness (QED) is 0.315. The summed E-state index contributed by atoms with van der Waals surface area (Å²) in [5.74, 6) is -9.17. The van der Waals surface area contributed by atoms with Gasteiger partial charge >= 0.3 is 18.3 Å². The summed E-state index contributed by atoms with van der Waals surface area (Å²) in [5, 5.41) is 0. The van der Waals surface area contributed by atoms with E-state index >= 15 is 0 Å². The first kappa shape index (κ1) is 21.3. The third-order valence-electron chi connectivity index (χ3n) is 3.28. The summed E-state index contributed by atoms with van der Waals surface area (Å²) in [5.41, 5.74) is -0.908. The molecule has 0 N–H and O–H groups in total. The molecule has 0 atom stereocenters. The van der Waals surface area contributed by atoms with E-state index in [1.54, 1.807) is 0 Å². The molecule has 0 unspecified atom stereocenters.